The summed E-state index contributed by atoms with van der Waals surface area (Å²) in [6.07, 6.45) is 5.23. The van der Waals surface area contributed by atoms with Crippen molar-refractivity contribution < 1.29 is 4.79 Å². The van der Waals surface area contributed by atoms with E-state index in [2.05, 4.69) is 33.8 Å². The molecule has 0 aliphatic carbocycles. The van der Waals surface area contributed by atoms with E-state index in [9.17, 15) is 4.79 Å². The number of carbonyl (C=O) groups is 1. The summed E-state index contributed by atoms with van der Waals surface area (Å²) in [5.74, 6) is 1.03. The van der Waals surface area contributed by atoms with Gasteiger partial charge >= 0.3 is 0 Å². The van der Waals surface area contributed by atoms with E-state index in [4.69, 9.17) is 0 Å². The Hall–Kier alpha value is -2.44. The van der Waals surface area contributed by atoms with Crippen LogP contribution in [0.3, 0.4) is 0 Å². The van der Waals surface area contributed by atoms with Crippen LogP contribution in [0.1, 0.15) is 42.0 Å². The van der Waals surface area contributed by atoms with Crippen molar-refractivity contribution in [2.45, 2.75) is 40.2 Å². The normalized spacial score (nSPS) is 14.8. The molecule has 0 bridgehead atoms. The summed E-state index contributed by atoms with van der Waals surface area (Å²) in [5.41, 5.74) is 2.72. The third-order valence-electron chi connectivity index (χ3n) is 4.73. The molecule has 0 saturated carbocycles. The summed E-state index contributed by atoms with van der Waals surface area (Å²) in [5, 5.41) is 4.34. The molecular weight excluding hydrogens is 316 g/mol. The minimum absolute atomic E-state index is 0.0800. The third-order valence-corrected chi connectivity index (χ3v) is 4.73. The van der Waals surface area contributed by atoms with Crippen LogP contribution in [-0.4, -0.2) is 56.7 Å². The Morgan fingerprint density at radius 3 is 2.60 bits per heavy atom. The molecule has 3 rings (SSSR count). The van der Waals surface area contributed by atoms with E-state index in [1.165, 1.54) is 0 Å². The van der Waals surface area contributed by atoms with Gasteiger partial charge < -0.3 is 9.80 Å². The monoisotopic (exact) mass is 342 g/mol. The van der Waals surface area contributed by atoms with Crippen molar-refractivity contribution in [1.82, 2.24) is 24.6 Å². The number of aromatic nitrogens is 4. The maximum absolute atomic E-state index is 12.8. The van der Waals surface area contributed by atoms with Gasteiger partial charge in [0.1, 0.15) is 12.1 Å². The largest absolute Gasteiger partial charge is 0.353 e. The van der Waals surface area contributed by atoms with Crippen LogP contribution in [0.15, 0.2) is 18.6 Å². The SMILES string of the molecule is CCCn1ncc(C(=O)N2CCN(c3cc(CC)ncn3)CC2)c1C. The first-order valence-electron chi connectivity index (χ1n) is 9.01. The van der Waals surface area contributed by atoms with Gasteiger partial charge in [-0.3, -0.25) is 9.48 Å². The van der Waals surface area contributed by atoms with Gasteiger partial charge in [-0.2, -0.15) is 5.10 Å². The van der Waals surface area contributed by atoms with Gasteiger partial charge in [0.05, 0.1) is 11.8 Å². The van der Waals surface area contributed by atoms with E-state index >= 15 is 0 Å². The van der Waals surface area contributed by atoms with Crippen LogP contribution >= 0.6 is 0 Å². The van der Waals surface area contributed by atoms with E-state index in [0.29, 0.717) is 13.1 Å². The van der Waals surface area contributed by atoms with Crippen LogP contribution in [0.25, 0.3) is 0 Å². The molecule has 1 amide bonds. The third kappa shape index (κ3) is 3.65. The fourth-order valence-corrected chi connectivity index (χ4v) is 3.15. The molecule has 25 heavy (non-hydrogen) atoms. The molecule has 0 atom stereocenters. The van der Waals surface area contributed by atoms with Gasteiger partial charge in [-0.25, -0.2) is 9.97 Å². The van der Waals surface area contributed by atoms with Crippen molar-refractivity contribution in [2.75, 3.05) is 31.1 Å². The standard InChI is InChI=1S/C18H26N6O/c1-4-6-24-14(3)16(12-21-24)18(25)23-9-7-22(8-10-23)17-11-15(5-2)19-13-20-17/h11-13H,4-10H2,1-3H3. The van der Waals surface area contributed by atoms with Crippen LogP contribution < -0.4 is 4.90 Å². The van der Waals surface area contributed by atoms with E-state index in [0.717, 1.165) is 55.2 Å². The molecule has 0 spiro atoms. The number of hydrogen-bond acceptors (Lipinski definition) is 5. The van der Waals surface area contributed by atoms with Gasteiger partial charge in [-0.1, -0.05) is 13.8 Å². The number of rotatable bonds is 5. The highest BCUT2D eigenvalue weighted by atomic mass is 16.2. The molecule has 0 aromatic carbocycles. The Labute approximate surface area is 148 Å². The lowest BCUT2D eigenvalue weighted by molar-refractivity contribution is 0.0745. The summed E-state index contributed by atoms with van der Waals surface area (Å²) < 4.78 is 1.91. The predicted octanol–water partition coefficient (Wildman–Crippen LogP) is 1.92. The fraction of sp³-hybridized carbons (Fsp3) is 0.556. The quantitative estimate of drug-likeness (QED) is 0.830. The summed E-state index contributed by atoms with van der Waals surface area (Å²) in [6.45, 7) is 9.98. The first kappa shape index (κ1) is 17.4. The average Bonchev–Trinajstić information content (AvgIpc) is 3.02. The van der Waals surface area contributed by atoms with Crippen LogP contribution in [0.4, 0.5) is 5.82 Å². The van der Waals surface area contributed by atoms with Crippen molar-refractivity contribution in [3.8, 4) is 0 Å². The van der Waals surface area contributed by atoms with E-state index in [1.807, 2.05) is 22.6 Å². The average molecular weight is 342 g/mol. The van der Waals surface area contributed by atoms with Crippen LogP contribution in [0.2, 0.25) is 0 Å². The Bertz CT molecular complexity index is 733. The topological polar surface area (TPSA) is 67.2 Å². The predicted molar refractivity (Wildman–Crippen MR) is 96.8 cm³/mol. The number of carbonyl (C=O) groups excluding carboxylic acids is 1. The lowest BCUT2D eigenvalue weighted by Gasteiger charge is -2.35. The second-order valence-electron chi connectivity index (χ2n) is 6.37. The second-order valence-corrected chi connectivity index (χ2v) is 6.37. The summed E-state index contributed by atoms with van der Waals surface area (Å²) in [4.78, 5) is 25.6. The van der Waals surface area contributed by atoms with E-state index in [1.54, 1.807) is 12.5 Å². The van der Waals surface area contributed by atoms with Gasteiger partial charge in [-0.15, -0.1) is 0 Å². The number of aryl methyl sites for hydroxylation is 2. The minimum Gasteiger partial charge on any atom is -0.353 e. The highest BCUT2D eigenvalue weighted by Crippen LogP contribution is 2.17. The smallest absolute Gasteiger partial charge is 0.257 e. The van der Waals surface area contributed by atoms with Gasteiger partial charge in [0.2, 0.25) is 0 Å². The molecule has 3 heterocycles. The molecule has 1 fully saturated rings. The molecular formula is C18H26N6O. The van der Waals surface area contributed by atoms with E-state index < -0.39 is 0 Å². The zero-order chi connectivity index (χ0) is 17.8. The van der Waals surface area contributed by atoms with Crippen molar-refractivity contribution in [1.29, 1.82) is 0 Å². The lowest BCUT2D eigenvalue weighted by Crippen LogP contribution is -2.49. The first-order chi connectivity index (χ1) is 12.1. The summed E-state index contributed by atoms with van der Waals surface area (Å²) >= 11 is 0. The number of anilines is 1. The van der Waals surface area contributed by atoms with Gasteiger partial charge in [-0.05, 0) is 19.8 Å². The van der Waals surface area contributed by atoms with Crippen LogP contribution in [-0.2, 0) is 13.0 Å². The lowest BCUT2D eigenvalue weighted by atomic mass is 10.2. The molecule has 1 aliphatic heterocycles. The molecule has 2 aromatic heterocycles. The highest BCUT2D eigenvalue weighted by molar-refractivity contribution is 5.95. The zero-order valence-corrected chi connectivity index (χ0v) is 15.3. The fourth-order valence-electron chi connectivity index (χ4n) is 3.15. The Morgan fingerprint density at radius 2 is 1.92 bits per heavy atom. The van der Waals surface area contributed by atoms with Crippen molar-refractivity contribution in [2.24, 2.45) is 0 Å². The zero-order valence-electron chi connectivity index (χ0n) is 15.3. The molecule has 134 valence electrons. The Morgan fingerprint density at radius 1 is 1.16 bits per heavy atom. The molecule has 7 nitrogen and oxygen atoms in total. The molecule has 2 aromatic rings. The Kier molecular flexibility index (Phi) is 5.31. The van der Waals surface area contributed by atoms with Crippen molar-refractivity contribution >= 4 is 11.7 Å². The van der Waals surface area contributed by atoms with E-state index in [-0.39, 0.29) is 5.91 Å². The second kappa shape index (κ2) is 7.63. The maximum atomic E-state index is 12.8. The minimum atomic E-state index is 0.0800. The van der Waals surface area contributed by atoms with Gasteiger partial charge in [0, 0.05) is 50.2 Å². The number of piperazine rings is 1. The first-order valence-corrected chi connectivity index (χ1v) is 9.01. The molecule has 0 unspecified atom stereocenters. The summed E-state index contributed by atoms with van der Waals surface area (Å²) in [7, 11) is 0. The number of amides is 1. The maximum Gasteiger partial charge on any atom is 0.257 e. The number of hydrogen-bond donors (Lipinski definition) is 0. The molecule has 1 saturated heterocycles. The molecule has 0 N–H and O–H groups in total. The van der Waals surface area contributed by atoms with Gasteiger partial charge in [0.25, 0.3) is 5.91 Å². The highest BCUT2D eigenvalue weighted by Gasteiger charge is 2.25. The van der Waals surface area contributed by atoms with Crippen LogP contribution in [0.5, 0.6) is 0 Å². The molecule has 1 aliphatic rings. The molecule has 0 radical (unpaired) electrons. The van der Waals surface area contributed by atoms with Crippen molar-refractivity contribution in [3.05, 3.63) is 35.5 Å². The summed E-state index contributed by atoms with van der Waals surface area (Å²) in [6, 6.07) is 2.04. The van der Waals surface area contributed by atoms with Gasteiger partial charge in [0.15, 0.2) is 0 Å². The van der Waals surface area contributed by atoms with Crippen LogP contribution in [0, 0.1) is 6.92 Å². The Balaban J connectivity index is 1.64. The van der Waals surface area contributed by atoms with Crippen molar-refractivity contribution in [3.63, 3.8) is 0 Å². The molecule has 7 heteroatoms. The number of nitrogens with zero attached hydrogens (tertiary/aromatic N) is 6.